The molecule has 3 N–H and O–H groups in total. The highest BCUT2D eigenvalue weighted by Gasteiger charge is 2.45. The van der Waals surface area contributed by atoms with Gasteiger partial charge in [0.05, 0.1) is 24.1 Å². The molecule has 0 saturated heterocycles. The van der Waals surface area contributed by atoms with E-state index >= 15 is 0 Å². The van der Waals surface area contributed by atoms with E-state index in [1.54, 1.807) is 45.2 Å². The maximum Gasteiger partial charge on any atom is 0.314 e. The van der Waals surface area contributed by atoms with E-state index in [1.807, 2.05) is 45.9 Å². The summed E-state index contributed by atoms with van der Waals surface area (Å²) in [4.78, 5) is 26.1. The lowest BCUT2D eigenvalue weighted by atomic mass is 9.95. The average molecular weight is 570 g/mol. The number of hydrogen-bond acceptors (Lipinski definition) is 6. The fraction of sp³-hybridized carbons (Fsp3) is 0.433. The Labute approximate surface area is 237 Å². The van der Waals surface area contributed by atoms with Gasteiger partial charge in [-0.2, -0.15) is 0 Å². The van der Waals surface area contributed by atoms with Gasteiger partial charge in [0.25, 0.3) is 15.9 Å². The summed E-state index contributed by atoms with van der Waals surface area (Å²) in [5.41, 5.74) is 9.99. The molecule has 0 saturated carbocycles. The van der Waals surface area contributed by atoms with E-state index in [0.29, 0.717) is 29.8 Å². The molecule has 0 fully saturated rings. The van der Waals surface area contributed by atoms with E-state index < -0.39 is 22.0 Å². The average Bonchev–Trinajstić information content (AvgIpc) is 3.18. The summed E-state index contributed by atoms with van der Waals surface area (Å²) in [5, 5.41) is 3.83. The molecule has 0 radical (unpaired) electrons. The van der Waals surface area contributed by atoms with E-state index in [1.165, 1.54) is 0 Å². The van der Waals surface area contributed by atoms with Crippen molar-refractivity contribution in [3.8, 4) is 11.1 Å². The van der Waals surface area contributed by atoms with Crippen molar-refractivity contribution in [3.05, 3.63) is 64.8 Å². The molecule has 40 heavy (non-hydrogen) atoms. The Bertz CT molecular complexity index is 1500. The van der Waals surface area contributed by atoms with Crippen LogP contribution in [0.2, 0.25) is 0 Å². The van der Waals surface area contributed by atoms with Gasteiger partial charge in [-0.05, 0) is 50.5 Å². The summed E-state index contributed by atoms with van der Waals surface area (Å²) in [6, 6.07) is 11.8. The van der Waals surface area contributed by atoms with Crippen LogP contribution in [0, 0.1) is 26.7 Å². The molecule has 0 aliphatic carbocycles. The van der Waals surface area contributed by atoms with Gasteiger partial charge in [0, 0.05) is 22.6 Å². The van der Waals surface area contributed by atoms with Crippen LogP contribution in [0.3, 0.4) is 0 Å². The molecule has 3 rings (SSSR count). The lowest BCUT2D eigenvalue weighted by Crippen LogP contribution is -2.62. The predicted molar refractivity (Wildman–Crippen MR) is 156 cm³/mol. The van der Waals surface area contributed by atoms with Crippen LogP contribution in [-0.2, 0) is 26.2 Å². The largest absolute Gasteiger partial charge is 0.364 e. The molecular formula is C30H41N4O5S+. The Balaban J connectivity index is 2.02. The monoisotopic (exact) mass is 569 g/mol. The highest BCUT2D eigenvalue weighted by Crippen LogP contribution is 2.33. The van der Waals surface area contributed by atoms with Crippen LogP contribution < -0.4 is 10.5 Å². The molecule has 0 spiro atoms. The van der Waals surface area contributed by atoms with Gasteiger partial charge >= 0.3 is 5.91 Å². The highest BCUT2D eigenvalue weighted by molar-refractivity contribution is 7.92. The first-order chi connectivity index (χ1) is 18.7. The number of nitrogens with one attached hydrogen (secondary N) is 1. The van der Waals surface area contributed by atoms with Gasteiger partial charge < -0.3 is 10.3 Å². The van der Waals surface area contributed by atoms with Crippen molar-refractivity contribution in [2.24, 2.45) is 11.7 Å². The van der Waals surface area contributed by atoms with Crippen LogP contribution in [0.4, 0.5) is 5.88 Å². The third-order valence-electron chi connectivity index (χ3n) is 7.50. The molecule has 2 atom stereocenters. The quantitative estimate of drug-likeness (QED) is 0.287. The number of likely N-dealkylation sites (N-methyl/N-ethyl adjacent to an activating group) is 1. The minimum Gasteiger partial charge on any atom is -0.364 e. The second-order valence-electron chi connectivity index (χ2n) is 11.0. The van der Waals surface area contributed by atoms with Gasteiger partial charge in [-0.15, -0.1) is 0 Å². The third kappa shape index (κ3) is 6.45. The predicted octanol–water partition coefficient (Wildman–Crippen LogP) is 5.24. The summed E-state index contributed by atoms with van der Waals surface area (Å²) in [7, 11) is -2.20. The van der Waals surface area contributed by atoms with E-state index in [9.17, 15) is 18.0 Å². The number of aromatic nitrogens is 1. The number of amides is 2. The molecule has 2 aromatic carbocycles. The Hall–Kier alpha value is -3.50. The van der Waals surface area contributed by atoms with Gasteiger partial charge in [-0.1, -0.05) is 62.7 Å². The van der Waals surface area contributed by atoms with Crippen molar-refractivity contribution in [1.29, 1.82) is 0 Å². The third-order valence-corrected chi connectivity index (χ3v) is 8.89. The minimum absolute atomic E-state index is 0.0264. The number of anilines is 1. The van der Waals surface area contributed by atoms with Crippen molar-refractivity contribution >= 4 is 27.7 Å². The van der Waals surface area contributed by atoms with Crippen LogP contribution in [0.15, 0.2) is 51.9 Å². The number of carbonyl (C=O) groups is 2. The molecule has 1 unspecified atom stereocenters. The standard InChI is InChI=1S/C30H40N4O5S/c1-8-9-14-27(35)34(7,28(19(2)3)29(31)36)18-23-15-16-24(20(4)17-23)25-12-10-11-13-26(25)40(37,38)33-30-21(5)22(6)32-39-30/h10-13,15-17,19,28H,8-9,14,18H2,1-7H3,(H2-,31,32,33,36)/p+1/t28-,34?/m0/s1. The van der Waals surface area contributed by atoms with Crippen molar-refractivity contribution in [3.63, 3.8) is 0 Å². The smallest absolute Gasteiger partial charge is 0.314 e. The van der Waals surface area contributed by atoms with Gasteiger partial charge in [-0.3, -0.25) is 4.79 Å². The second kappa shape index (κ2) is 12.3. The normalized spacial score (nSPS) is 14.1. The maximum atomic E-state index is 13.5. The summed E-state index contributed by atoms with van der Waals surface area (Å²) in [6.45, 7) is 11.5. The lowest BCUT2D eigenvalue weighted by Gasteiger charge is -2.39. The lowest BCUT2D eigenvalue weighted by molar-refractivity contribution is -0.868. The van der Waals surface area contributed by atoms with E-state index in [2.05, 4.69) is 9.88 Å². The molecule has 1 heterocycles. The maximum absolute atomic E-state index is 13.5. The number of nitrogens with two attached hydrogens (primary N) is 1. The van der Waals surface area contributed by atoms with Crippen molar-refractivity contribution < 1.29 is 27.0 Å². The number of sulfonamides is 1. The molecule has 2 amide bonds. The molecule has 3 aromatic rings. The molecule has 0 aliphatic heterocycles. The summed E-state index contributed by atoms with van der Waals surface area (Å²) in [5.74, 6) is -0.575. The second-order valence-corrected chi connectivity index (χ2v) is 12.6. The summed E-state index contributed by atoms with van der Waals surface area (Å²) in [6.07, 6.45) is 1.97. The Morgan fingerprint density at radius 3 is 2.30 bits per heavy atom. The van der Waals surface area contributed by atoms with Gasteiger partial charge in [-0.25, -0.2) is 22.4 Å². The summed E-state index contributed by atoms with van der Waals surface area (Å²) >= 11 is 0. The molecule has 216 valence electrons. The SMILES string of the molecule is CCCCC(=O)[N+](C)(Cc1ccc(-c2ccccc2S(=O)(=O)Nc2onc(C)c2C)c(C)c1)[C@H](C(N)=O)C(C)C. The fourth-order valence-electron chi connectivity index (χ4n) is 5.31. The first-order valence-electron chi connectivity index (χ1n) is 13.6. The van der Waals surface area contributed by atoms with E-state index in [4.69, 9.17) is 10.3 Å². The van der Waals surface area contributed by atoms with Crippen molar-refractivity contribution in [2.45, 2.75) is 78.3 Å². The molecule has 1 aromatic heterocycles. The molecular weight excluding hydrogens is 528 g/mol. The first kappa shape index (κ1) is 31.0. The Kier molecular flexibility index (Phi) is 9.58. The van der Waals surface area contributed by atoms with Crippen LogP contribution in [-0.4, -0.2) is 43.0 Å². The zero-order valence-corrected chi connectivity index (χ0v) is 25.3. The number of aryl methyl sites for hydroxylation is 2. The number of carbonyl (C=O) groups excluding carboxylic acids is 2. The zero-order chi connectivity index (χ0) is 29.8. The zero-order valence-electron chi connectivity index (χ0n) is 24.4. The fourth-order valence-corrected chi connectivity index (χ4v) is 6.58. The number of benzene rings is 2. The summed E-state index contributed by atoms with van der Waals surface area (Å²) < 4.78 is 34.4. The Morgan fingerprint density at radius 2 is 1.75 bits per heavy atom. The molecule has 10 heteroatoms. The number of hydrogen-bond donors (Lipinski definition) is 2. The molecule has 0 bridgehead atoms. The minimum atomic E-state index is -3.99. The first-order valence-corrected chi connectivity index (χ1v) is 15.0. The molecule has 9 nitrogen and oxygen atoms in total. The Morgan fingerprint density at radius 1 is 1.07 bits per heavy atom. The van der Waals surface area contributed by atoms with Gasteiger partial charge in [0.15, 0.2) is 6.04 Å². The van der Waals surface area contributed by atoms with Crippen molar-refractivity contribution in [2.75, 3.05) is 11.8 Å². The van der Waals surface area contributed by atoms with Crippen LogP contribution in [0.25, 0.3) is 11.1 Å². The van der Waals surface area contributed by atoms with Crippen LogP contribution >= 0.6 is 0 Å². The number of nitrogens with zero attached hydrogens (tertiary/aromatic N) is 2. The number of unbranched alkanes of at least 4 members (excludes halogenated alkanes) is 1. The van der Waals surface area contributed by atoms with Gasteiger partial charge in [0.2, 0.25) is 5.88 Å². The van der Waals surface area contributed by atoms with Crippen LogP contribution in [0.5, 0.6) is 0 Å². The van der Waals surface area contributed by atoms with Gasteiger partial charge in [0.1, 0.15) is 6.54 Å². The van der Waals surface area contributed by atoms with Crippen molar-refractivity contribution in [1.82, 2.24) is 5.16 Å². The number of quaternary nitrogens is 1. The van der Waals surface area contributed by atoms with E-state index in [-0.39, 0.29) is 27.1 Å². The van der Waals surface area contributed by atoms with E-state index in [0.717, 1.165) is 29.5 Å². The number of rotatable bonds is 12. The highest BCUT2D eigenvalue weighted by atomic mass is 32.2. The topological polar surface area (TPSA) is 132 Å². The van der Waals surface area contributed by atoms with Crippen LogP contribution in [0.1, 0.15) is 62.4 Å². The molecule has 0 aliphatic rings. The number of primary amides is 1.